The van der Waals surface area contributed by atoms with Gasteiger partial charge in [0, 0.05) is 13.5 Å². The fraction of sp³-hybridized carbons (Fsp3) is 0.412. The van der Waals surface area contributed by atoms with Crippen LogP contribution >= 0.6 is 0 Å². The molecule has 1 aromatic carbocycles. The minimum Gasteiger partial charge on any atom is -0.295 e. The average Bonchev–Trinajstić information content (AvgIpc) is 2.78. The summed E-state index contributed by atoms with van der Waals surface area (Å²) >= 11 is 0. The third-order valence-corrected chi connectivity index (χ3v) is 4.31. The van der Waals surface area contributed by atoms with Gasteiger partial charge in [0.1, 0.15) is 6.04 Å². The van der Waals surface area contributed by atoms with Gasteiger partial charge in [0.05, 0.1) is 11.0 Å². The zero-order valence-corrected chi connectivity index (χ0v) is 13.3. The normalized spacial score (nSPS) is 18.4. The number of para-hydroxylation sites is 1. The second-order valence-electron chi connectivity index (χ2n) is 5.89. The van der Waals surface area contributed by atoms with Crippen LogP contribution in [0.25, 0.3) is 11.0 Å². The summed E-state index contributed by atoms with van der Waals surface area (Å²) < 4.78 is 3.10. The molecule has 1 N–H and O–H groups in total. The Morgan fingerprint density at radius 2 is 2.09 bits per heavy atom. The van der Waals surface area contributed by atoms with Gasteiger partial charge in [0.15, 0.2) is 0 Å². The van der Waals surface area contributed by atoms with E-state index in [0.717, 1.165) is 29.4 Å². The van der Waals surface area contributed by atoms with Crippen molar-refractivity contribution in [2.24, 2.45) is 7.05 Å². The Kier molecular flexibility index (Phi) is 4.07. The van der Waals surface area contributed by atoms with Crippen molar-refractivity contribution in [2.75, 3.05) is 0 Å². The van der Waals surface area contributed by atoms with Crippen molar-refractivity contribution < 1.29 is 9.59 Å². The molecule has 121 valence electrons. The SMILES string of the molecule is CCC[CH]c1cccc2c1n(C)c(=O)n2C1CCC(=O)NC1=O. The van der Waals surface area contributed by atoms with Crippen molar-refractivity contribution in [3.05, 3.63) is 40.7 Å². The molecule has 1 aliphatic heterocycles. The molecule has 0 aliphatic carbocycles. The van der Waals surface area contributed by atoms with Crippen LogP contribution in [0.1, 0.15) is 44.2 Å². The van der Waals surface area contributed by atoms with Gasteiger partial charge in [-0.2, -0.15) is 0 Å². The molecular weight excluding hydrogens is 294 g/mol. The van der Waals surface area contributed by atoms with Crippen molar-refractivity contribution in [3.8, 4) is 0 Å². The number of imidazole rings is 1. The Labute approximate surface area is 134 Å². The lowest BCUT2D eigenvalue weighted by Gasteiger charge is -2.21. The number of aromatic nitrogens is 2. The molecule has 3 rings (SSSR count). The first-order valence-electron chi connectivity index (χ1n) is 7.91. The predicted octanol–water partition coefficient (Wildman–Crippen LogP) is 1.67. The first kappa shape index (κ1) is 15.5. The second kappa shape index (κ2) is 6.02. The molecule has 2 heterocycles. The number of piperidine rings is 1. The molecule has 1 unspecified atom stereocenters. The van der Waals surface area contributed by atoms with Gasteiger partial charge in [0.25, 0.3) is 0 Å². The van der Waals surface area contributed by atoms with Crippen LogP contribution in [0.4, 0.5) is 0 Å². The summed E-state index contributed by atoms with van der Waals surface area (Å²) in [6, 6.07) is 5.09. The minimum atomic E-state index is -0.634. The standard InChI is InChI=1S/C17H20N3O3/c1-3-4-6-11-7-5-8-12-15(11)19(2)17(23)20(12)13-9-10-14(21)18-16(13)22/h5-8,13H,3-4,9-10H2,1-2H3,(H,18,21,22). The molecular formula is C17H20N3O3. The van der Waals surface area contributed by atoms with Crippen LogP contribution in [0.2, 0.25) is 0 Å². The van der Waals surface area contributed by atoms with E-state index < -0.39 is 11.9 Å². The van der Waals surface area contributed by atoms with Gasteiger partial charge in [0.2, 0.25) is 11.8 Å². The number of fused-ring (bicyclic) bond motifs is 1. The molecule has 1 radical (unpaired) electrons. The van der Waals surface area contributed by atoms with Crippen LogP contribution in [0.5, 0.6) is 0 Å². The van der Waals surface area contributed by atoms with Crippen LogP contribution in [-0.4, -0.2) is 20.9 Å². The summed E-state index contributed by atoms with van der Waals surface area (Å²) in [6.07, 6.45) is 4.67. The van der Waals surface area contributed by atoms with E-state index in [1.807, 2.05) is 18.2 Å². The number of benzene rings is 1. The van der Waals surface area contributed by atoms with Crippen molar-refractivity contribution in [1.29, 1.82) is 0 Å². The summed E-state index contributed by atoms with van der Waals surface area (Å²) in [5.41, 5.74) is 2.33. The van der Waals surface area contributed by atoms with Gasteiger partial charge in [-0.05, 0) is 30.9 Å². The zero-order chi connectivity index (χ0) is 16.6. The fourth-order valence-corrected chi connectivity index (χ4v) is 3.16. The molecule has 0 bridgehead atoms. The van der Waals surface area contributed by atoms with Gasteiger partial charge in [-0.15, -0.1) is 0 Å². The first-order valence-corrected chi connectivity index (χ1v) is 7.91. The molecule has 1 aliphatic rings. The number of nitrogens with zero attached hydrogens (tertiary/aromatic N) is 2. The number of carbonyl (C=O) groups is 2. The number of nitrogens with one attached hydrogen (secondary N) is 1. The molecule has 0 spiro atoms. The Morgan fingerprint density at radius 1 is 1.30 bits per heavy atom. The van der Waals surface area contributed by atoms with E-state index in [4.69, 9.17) is 0 Å². The highest BCUT2D eigenvalue weighted by Crippen LogP contribution is 2.26. The molecule has 0 saturated carbocycles. The lowest BCUT2D eigenvalue weighted by Crippen LogP contribution is -2.44. The zero-order valence-electron chi connectivity index (χ0n) is 13.3. The lowest BCUT2D eigenvalue weighted by molar-refractivity contribution is -0.135. The average molecular weight is 314 g/mol. The molecule has 23 heavy (non-hydrogen) atoms. The van der Waals surface area contributed by atoms with Crippen molar-refractivity contribution in [1.82, 2.24) is 14.5 Å². The topological polar surface area (TPSA) is 73.1 Å². The number of hydrogen-bond donors (Lipinski definition) is 1. The smallest absolute Gasteiger partial charge is 0.295 e. The molecule has 2 aromatic rings. The molecule has 1 aromatic heterocycles. The molecule has 6 heteroatoms. The van der Waals surface area contributed by atoms with Crippen LogP contribution in [0.15, 0.2) is 23.0 Å². The maximum atomic E-state index is 12.7. The Hall–Kier alpha value is -2.37. The van der Waals surface area contributed by atoms with Crippen molar-refractivity contribution >= 4 is 22.8 Å². The molecule has 1 fully saturated rings. The number of hydrogen-bond acceptors (Lipinski definition) is 3. The van der Waals surface area contributed by atoms with Crippen LogP contribution < -0.4 is 11.0 Å². The Balaban J connectivity index is 2.15. The number of rotatable bonds is 4. The maximum Gasteiger partial charge on any atom is 0.329 e. The number of amides is 2. The quantitative estimate of drug-likeness (QED) is 0.873. The van der Waals surface area contributed by atoms with E-state index >= 15 is 0 Å². The van der Waals surface area contributed by atoms with Gasteiger partial charge in [-0.3, -0.25) is 24.0 Å². The predicted molar refractivity (Wildman–Crippen MR) is 86.9 cm³/mol. The number of unbranched alkanes of at least 4 members (excludes halogenated alkanes) is 1. The monoisotopic (exact) mass is 314 g/mol. The third-order valence-electron chi connectivity index (χ3n) is 4.31. The van der Waals surface area contributed by atoms with Gasteiger partial charge in [-0.1, -0.05) is 25.5 Å². The molecule has 1 atom stereocenters. The summed E-state index contributed by atoms with van der Waals surface area (Å²) in [5.74, 6) is -0.685. The van der Waals surface area contributed by atoms with Gasteiger partial charge < -0.3 is 0 Å². The van der Waals surface area contributed by atoms with Crippen LogP contribution in [0.3, 0.4) is 0 Å². The van der Waals surface area contributed by atoms with E-state index in [-0.39, 0.29) is 18.0 Å². The summed E-state index contributed by atoms with van der Waals surface area (Å²) in [6.45, 7) is 2.10. The Morgan fingerprint density at radius 3 is 2.78 bits per heavy atom. The minimum absolute atomic E-state index is 0.230. The van der Waals surface area contributed by atoms with Crippen LogP contribution in [-0.2, 0) is 16.6 Å². The molecule has 2 amide bonds. The third kappa shape index (κ3) is 2.58. The van der Waals surface area contributed by atoms with Crippen molar-refractivity contribution in [2.45, 2.75) is 38.6 Å². The summed E-state index contributed by atoms with van der Waals surface area (Å²) in [7, 11) is 1.72. The summed E-state index contributed by atoms with van der Waals surface area (Å²) in [5, 5.41) is 2.32. The lowest BCUT2D eigenvalue weighted by atomic mass is 10.0. The largest absolute Gasteiger partial charge is 0.329 e. The fourth-order valence-electron chi connectivity index (χ4n) is 3.16. The highest BCUT2D eigenvalue weighted by atomic mass is 16.2. The first-order chi connectivity index (χ1) is 11.0. The highest BCUT2D eigenvalue weighted by Gasteiger charge is 2.31. The van der Waals surface area contributed by atoms with E-state index in [1.165, 1.54) is 4.57 Å². The summed E-state index contributed by atoms with van der Waals surface area (Å²) in [4.78, 5) is 36.2. The maximum absolute atomic E-state index is 12.7. The van der Waals surface area contributed by atoms with Gasteiger partial charge in [-0.25, -0.2) is 4.79 Å². The highest BCUT2D eigenvalue weighted by molar-refractivity contribution is 6.00. The molecule has 1 saturated heterocycles. The number of aryl methyl sites for hydroxylation is 1. The van der Waals surface area contributed by atoms with Crippen LogP contribution in [0, 0.1) is 6.42 Å². The van der Waals surface area contributed by atoms with E-state index in [2.05, 4.69) is 18.7 Å². The second-order valence-corrected chi connectivity index (χ2v) is 5.89. The number of imide groups is 1. The number of carbonyl (C=O) groups excluding carboxylic acids is 2. The Bertz CT molecular complexity index is 831. The van der Waals surface area contributed by atoms with E-state index in [0.29, 0.717) is 6.42 Å². The van der Waals surface area contributed by atoms with Crippen molar-refractivity contribution in [3.63, 3.8) is 0 Å². The van der Waals surface area contributed by atoms with E-state index in [9.17, 15) is 14.4 Å². The van der Waals surface area contributed by atoms with Gasteiger partial charge >= 0.3 is 5.69 Å². The molecule has 6 nitrogen and oxygen atoms in total. The van der Waals surface area contributed by atoms with E-state index in [1.54, 1.807) is 11.6 Å².